The lowest BCUT2D eigenvalue weighted by Gasteiger charge is -2.27. The van der Waals surface area contributed by atoms with Gasteiger partial charge in [-0.25, -0.2) is 8.42 Å². The lowest BCUT2D eigenvalue weighted by Crippen LogP contribution is -2.38. The molecule has 0 saturated heterocycles. The van der Waals surface area contributed by atoms with Crippen molar-refractivity contribution < 1.29 is 32.3 Å². The van der Waals surface area contributed by atoms with Crippen LogP contribution in [0.25, 0.3) is 0 Å². The molecule has 1 aliphatic heterocycles. The highest BCUT2D eigenvalue weighted by atomic mass is 35.5. The number of nitrogens with two attached hydrogens (primary N) is 1. The molecular formula is C24H30ClN3O7S. The summed E-state index contributed by atoms with van der Waals surface area (Å²) in [5.41, 5.74) is 6.37. The van der Waals surface area contributed by atoms with Crippen molar-refractivity contribution in [3.8, 4) is 11.5 Å². The maximum absolute atomic E-state index is 13.7. The van der Waals surface area contributed by atoms with Crippen molar-refractivity contribution in [1.29, 1.82) is 0 Å². The number of likely N-dealkylation sites (N-methyl/N-ethyl adjacent to an activating group) is 1. The van der Waals surface area contributed by atoms with Gasteiger partial charge in [0.05, 0.1) is 36.6 Å². The molecule has 1 heterocycles. The molecule has 2 aromatic rings. The van der Waals surface area contributed by atoms with Crippen molar-refractivity contribution >= 4 is 40.0 Å². The summed E-state index contributed by atoms with van der Waals surface area (Å²) in [7, 11) is 1.10. The smallest absolute Gasteiger partial charge is 0.262 e. The highest BCUT2D eigenvalue weighted by molar-refractivity contribution is 7.90. The number of carbonyl (C=O) groups excluding carboxylic acids is 3. The summed E-state index contributed by atoms with van der Waals surface area (Å²) in [5.74, 6) is -1.77. The monoisotopic (exact) mass is 539 g/mol. The Balaban J connectivity index is 0.00000456. The number of hydrogen-bond donors (Lipinski definition) is 1. The Morgan fingerprint density at radius 3 is 2.31 bits per heavy atom. The first-order valence-corrected chi connectivity index (χ1v) is 12.9. The Hall–Kier alpha value is -3.15. The first-order valence-electron chi connectivity index (χ1n) is 10.9. The normalized spacial score (nSPS) is 14.8. The number of amides is 3. The van der Waals surface area contributed by atoms with Gasteiger partial charge in [-0.1, -0.05) is 18.2 Å². The van der Waals surface area contributed by atoms with E-state index in [0.717, 1.165) is 11.2 Å². The van der Waals surface area contributed by atoms with Crippen molar-refractivity contribution in [2.24, 2.45) is 5.73 Å². The summed E-state index contributed by atoms with van der Waals surface area (Å²) in [6.07, 6.45) is 1.03. The van der Waals surface area contributed by atoms with Crippen molar-refractivity contribution in [3.63, 3.8) is 0 Å². The zero-order chi connectivity index (χ0) is 26.1. The van der Waals surface area contributed by atoms with Crippen LogP contribution in [0.1, 0.15) is 50.9 Å². The number of fused-ring (bicyclic) bond motifs is 1. The third-order valence-electron chi connectivity index (χ3n) is 5.70. The zero-order valence-electron chi connectivity index (χ0n) is 20.7. The second-order valence-corrected chi connectivity index (χ2v) is 10.7. The predicted molar refractivity (Wildman–Crippen MR) is 136 cm³/mol. The molecule has 36 heavy (non-hydrogen) atoms. The summed E-state index contributed by atoms with van der Waals surface area (Å²) in [6, 6.07) is 7.26. The van der Waals surface area contributed by atoms with Gasteiger partial charge in [0.1, 0.15) is 15.9 Å². The lowest BCUT2D eigenvalue weighted by atomic mass is 9.96. The summed E-state index contributed by atoms with van der Waals surface area (Å²) >= 11 is 0. The summed E-state index contributed by atoms with van der Waals surface area (Å²) in [6.45, 7) is 2.11. The number of nitrogens with zero attached hydrogens (tertiary/aromatic N) is 2. The number of carbonyl (C=O) groups is 3. The van der Waals surface area contributed by atoms with Crippen LogP contribution in [0.4, 0.5) is 0 Å². The summed E-state index contributed by atoms with van der Waals surface area (Å²) in [4.78, 5) is 41.8. The van der Waals surface area contributed by atoms with Crippen molar-refractivity contribution in [2.75, 3.05) is 39.8 Å². The van der Waals surface area contributed by atoms with Gasteiger partial charge in [-0.3, -0.25) is 24.2 Å². The maximum Gasteiger partial charge on any atom is 0.262 e. The quantitative estimate of drug-likeness (QED) is 0.453. The molecule has 0 saturated carbocycles. The molecule has 0 aromatic heterocycles. The summed E-state index contributed by atoms with van der Waals surface area (Å²) in [5, 5.41) is 0. The van der Waals surface area contributed by atoms with Crippen molar-refractivity contribution in [2.45, 2.75) is 19.0 Å². The Morgan fingerprint density at radius 1 is 1.11 bits per heavy atom. The predicted octanol–water partition coefficient (Wildman–Crippen LogP) is 1.99. The van der Waals surface area contributed by atoms with E-state index in [4.69, 9.17) is 15.2 Å². The van der Waals surface area contributed by atoms with Gasteiger partial charge in [-0.05, 0) is 50.3 Å². The summed E-state index contributed by atoms with van der Waals surface area (Å²) < 4.78 is 35.7. The van der Waals surface area contributed by atoms with E-state index in [2.05, 4.69) is 0 Å². The minimum atomic E-state index is -3.64. The highest BCUT2D eigenvalue weighted by Crippen LogP contribution is 2.39. The first-order chi connectivity index (χ1) is 16.4. The zero-order valence-corrected chi connectivity index (χ0v) is 22.3. The number of ether oxygens (including phenoxy) is 2. The van der Waals surface area contributed by atoms with Gasteiger partial charge in [-0.2, -0.15) is 0 Å². The lowest BCUT2D eigenvalue weighted by molar-refractivity contribution is -0.122. The molecule has 2 N–H and O–H groups in total. The Kier molecular flexibility index (Phi) is 9.11. The van der Waals surface area contributed by atoms with Crippen LogP contribution in [-0.4, -0.2) is 75.8 Å². The Labute approximate surface area is 216 Å². The van der Waals surface area contributed by atoms with Crippen LogP contribution in [0.5, 0.6) is 11.5 Å². The Bertz CT molecular complexity index is 1280. The Morgan fingerprint density at radius 2 is 1.78 bits per heavy atom. The molecule has 2 aromatic carbocycles. The molecule has 10 nitrogen and oxygen atoms in total. The van der Waals surface area contributed by atoms with Gasteiger partial charge >= 0.3 is 0 Å². The minimum absolute atomic E-state index is 0. The van der Waals surface area contributed by atoms with Crippen LogP contribution >= 0.6 is 12.4 Å². The van der Waals surface area contributed by atoms with Crippen LogP contribution < -0.4 is 15.2 Å². The van der Waals surface area contributed by atoms with E-state index >= 15 is 0 Å². The van der Waals surface area contributed by atoms with Gasteiger partial charge < -0.3 is 15.2 Å². The first kappa shape index (κ1) is 29.1. The van der Waals surface area contributed by atoms with Gasteiger partial charge in [0.2, 0.25) is 5.91 Å². The number of hydrogen-bond acceptors (Lipinski definition) is 8. The average molecular weight is 540 g/mol. The van der Waals surface area contributed by atoms with E-state index in [9.17, 15) is 22.8 Å². The fourth-order valence-electron chi connectivity index (χ4n) is 4.30. The minimum Gasteiger partial charge on any atom is -0.493 e. The molecule has 0 aliphatic carbocycles. The van der Waals surface area contributed by atoms with Crippen LogP contribution in [0.15, 0.2) is 36.4 Å². The molecule has 0 spiro atoms. The van der Waals surface area contributed by atoms with Gasteiger partial charge in [0.15, 0.2) is 11.5 Å². The maximum atomic E-state index is 13.7. The molecule has 0 radical (unpaired) electrons. The SMILES string of the molecule is CCOc1cc([C@@H](CS(C)(=O)=O)N2C(=O)c3cccc(C(C(N)=O)N(C)C)c3C2=O)ccc1OC.Cl. The van der Waals surface area contributed by atoms with Crippen LogP contribution in [-0.2, 0) is 14.6 Å². The molecular weight excluding hydrogens is 510 g/mol. The molecule has 196 valence electrons. The molecule has 12 heteroatoms. The van der Waals surface area contributed by atoms with Crippen LogP contribution in [0, 0.1) is 0 Å². The molecule has 0 fully saturated rings. The molecule has 0 bridgehead atoms. The topological polar surface area (TPSA) is 136 Å². The van der Waals surface area contributed by atoms with E-state index in [1.165, 1.54) is 13.2 Å². The number of methoxy groups -OCH3 is 1. The number of halogens is 1. The number of benzene rings is 2. The number of rotatable bonds is 10. The van der Waals surface area contributed by atoms with E-state index < -0.39 is 45.4 Å². The van der Waals surface area contributed by atoms with Gasteiger partial charge in [0.25, 0.3) is 11.8 Å². The standard InChI is InChI=1S/C24H29N3O7S.ClH/c1-6-34-19-12-14(10-11-18(19)33-4)17(13-35(5,31)32)27-23(29)16-9-7-8-15(20(16)24(27)30)21(22(25)28)26(2)3;/h7-12,17,21H,6,13H2,1-5H3,(H2,25,28);1H/t17-,21?;/m1./s1. The van der Waals surface area contributed by atoms with E-state index in [1.54, 1.807) is 56.3 Å². The number of imide groups is 1. The molecule has 1 aliphatic rings. The second-order valence-electron chi connectivity index (χ2n) is 8.47. The van der Waals surface area contributed by atoms with E-state index in [-0.39, 0.29) is 29.1 Å². The van der Waals surface area contributed by atoms with Gasteiger partial charge in [0, 0.05) is 6.26 Å². The van der Waals surface area contributed by atoms with Crippen molar-refractivity contribution in [3.05, 3.63) is 58.7 Å². The largest absolute Gasteiger partial charge is 0.493 e. The molecule has 3 rings (SSSR count). The van der Waals surface area contributed by atoms with Crippen LogP contribution in [0.3, 0.4) is 0 Å². The van der Waals surface area contributed by atoms with E-state index in [1.807, 2.05) is 0 Å². The average Bonchev–Trinajstić information content (AvgIpc) is 3.02. The molecule has 2 atom stereocenters. The van der Waals surface area contributed by atoms with Gasteiger partial charge in [-0.15, -0.1) is 12.4 Å². The highest BCUT2D eigenvalue weighted by Gasteiger charge is 2.44. The van der Waals surface area contributed by atoms with Crippen molar-refractivity contribution in [1.82, 2.24) is 9.80 Å². The van der Waals surface area contributed by atoms with E-state index in [0.29, 0.717) is 23.7 Å². The second kappa shape index (κ2) is 11.3. The molecule has 3 amide bonds. The fourth-order valence-corrected chi connectivity index (χ4v) is 5.22. The fraction of sp³-hybridized carbons (Fsp3) is 0.375. The van der Waals surface area contributed by atoms with Crippen LogP contribution in [0.2, 0.25) is 0 Å². The third-order valence-corrected chi connectivity index (χ3v) is 6.62. The third kappa shape index (κ3) is 5.63. The number of sulfone groups is 1. The molecule has 1 unspecified atom stereocenters. The number of primary amides is 1.